The average molecular weight is 319 g/mol. The van der Waals surface area contributed by atoms with Crippen molar-refractivity contribution in [3.8, 4) is 17.9 Å². The van der Waals surface area contributed by atoms with Crippen LogP contribution >= 0.6 is 0 Å². The third-order valence-corrected chi connectivity index (χ3v) is 6.18. The Morgan fingerprint density at radius 2 is 2.00 bits per heavy atom. The molecule has 1 saturated carbocycles. The van der Waals surface area contributed by atoms with Gasteiger partial charge in [0.25, 0.3) is 0 Å². The Kier molecular flexibility index (Phi) is 4.15. The molecule has 0 spiro atoms. The summed E-state index contributed by atoms with van der Waals surface area (Å²) in [7, 11) is -1.15. The van der Waals surface area contributed by atoms with E-state index < -0.39 is 15.6 Å². The van der Waals surface area contributed by atoms with E-state index in [2.05, 4.69) is 6.07 Å². The summed E-state index contributed by atoms with van der Waals surface area (Å²) >= 11 is 0. The van der Waals surface area contributed by atoms with Crippen LogP contribution in [-0.2, 0) is 10.0 Å². The summed E-state index contributed by atoms with van der Waals surface area (Å²) in [4.78, 5) is -0.0429. The molecule has 0 bridgehead atoms. The minimum absolute atomic E-state index is 0.0429. The second-order valence-corrected chi connectivity index (χ2v) is 7.42. The van der Waals surface area contributed by atoms with Gasteiger partial charge < -0.3 is 4.74 Å². The van der Waals surface area contributed by atoms with Gasteiger partial charge in [-0.15, -0.1) is 0 Å². The summed E-state index contributed by atoms with van der Waals surface area (Å²) in [5.74, 6) is 0.142. The van der Waals surface area contributed by atoms with E-state index in [1.165, 1.54) is 32.4 Å². The maximum atomic E-state index is 12.9. The van der Waals surface area contributed by atoms with Crippen LogP contribution in [0.3, 0.4) is 0 Å². The highest BCUT2D eigenvalue weighted by Gasteiger charge is 2.49. The molecular formula is C15H17N3O3S. The maximum absolute atomic E-state index is 12.9. The molecule has 0 aliphatic heterocycles. The van der Waals surface area contributed by atoms with Crippen molar-refractivity contribution in [1.29, 1.82) is 10.5 Å². The van der Waals surface area contributed by atoms with Crippen molar-refractivity contribution in [1.82, 2.24) is 4.31 Å². The van der Waals surface area contributed by atoms with Crippen LogP contribution in [0.25, 0.3) is 0 Å². The van der Waals surface area contributed by atoms with Crippen LogP contribution in [0.15, 0.2) is 23.1 Å². The van der Waals surface area contributed by atoms with Gasteiger partial charge in [0, 0.05) is 7.05 Å². The smallest absolute Gasteiger partial charge is 0.247 e. The number of rotatable bonds is 5. The minimum Gasteiger partial charge on any atom is -0.495 e. The van der Waals surface area contributed by atoms with E-state index >= 15 is 0 Å². The first-order chi connectivity index (χ1) is 10.3. The van der Waals surface area contributed by atoms with E-state index in [0.717, 1.165) is 17.1 Å². The number of sulfonamides is 1. The lowest BCUT2D eigenvalue weighted by Gasteiger charge is -2.32. The standard InChI is InChI=1S/C15H17N3O3S/c1-15(10-17,12-5-6-12)18(2)22(19,20)14-7-4-11(9-16)8-13(14)21-3/h4,7-8,12H,5-6H2,1-3H3. The van der Waals surface area contributed by atoms with E-state index in [1.807, 2.05) is 6.07 Å². The fraction of sp³-hybridized carbons (Fsp3) is 0.467. The molecule has 1 aromatic carbocycles. The average Bonchev–Trinajstić information content (AvgIpc) is 3.37. The van der Waals surface area contributed by atoms with Crippen molar-refractivity contribution >= 4 is 10.0 Å². The predicted molar refractivity (Wildman–Crippen MR) is 79.4 cm³/mol. The molecule has 22 heavy (non-hydrogen) atoms. The Balaban J connectivity index is 2.51. The van der Waals surface area contributed by atoms with Crippen molar-refractivity contribution in [3.05, 3.63) is 23.8 Å². The van der Waals surface area contributed by atoms with E-state index in [9.17, 15) is 13.7 Å². The monoisotopic (exact) mass is 319 g/mol. The maximum Gasteiger partial charge on any atom is 0.247 e. The Morgan fingerprint density at radius 3 is 2.45 bits per heavy atom. The summed E-state index contributed by atoms with van der Waals surface area (Å²) in [6, 6.07) is 8.21. The lowest BCUT2D eigenvalue weighted by molar-refractivity contribution is 0.275. The molecule has 0 aromatic heterocycles. The summed E-state index contributed by atoms with van der Waals surface area (Å²) in [5.41, 5.74) is -0.777. The Morgan fingerprint density at radius 1 is 1.36 bits per heavy atom. The number of ether oxygens (including phenoxy) is 1. The van der Waals surface area contributed by atoms with Crippen LogP contribution in [0.4, 0.5) is 0 Å². The van der Waals surface area contributed by atoms with Gasteiger partial charge in [0.05, 0.1) is 24.8 Å². The third-order valence-electron chi connectivity index (χ3n) is 4.18. The molecule has 0 amide bonds. The van der Waals surface area contributed by atoms with Crippen molar-refractivity contribution in [3.63, 3.8) is 0 Å². The van der Waals surface area contributed by atoms with Crippen LogP contribution in [0.5, 0.6) is 5.75 Å². The van der Waals surface area contributed by atoms with Gasteiger partial charge >= 0.3 is 0 Å². The Bertz CT molecular complexity index is 772. The summed E-state index contributed by atoms with van der Waals surface area (Å²) in [5, 5.41) is 18.4. The number of benzene rings is 1. The highest BCUT2D eigenvalue weighted by Crippen LogP contribution is 2.44. The second-order valence-electron chi connectivity index (χ2n) is 5.48. The van der Waals surface area contributed by atoms with E-state index in [1.54, 1.807) is 6.92 Å². The van der Waals surface area contributed by atoms with Crippen molar-refractivity contribution in [2.24, 2.45) is 5.92 Å². The molecule has 2 rings (SSSR count). The van der Waals surface area contributed by atoms with Gasteiger partial charge in [0.15, 0.2) is 0 Å². The minimum atomic E-state index is -3.91. The first-order valence-corrected chi connectivity index (χ1v) is 8.23. The van der Waals surface area contributed by atoms with E-state index in [4.69, 9.17) is 10.00 Å². The van der Waals surface area contributed by atoms with Crippen LogP contribution in [0.1, 0.15) is 25.3 Å². The normalized spacial score (nSPS) is 17.4. The zero-order chi connectivity index (χ0) is 16.5. The molecule has 0 saturated heterocycles. The summed E-state index contributed by atoms with van der Waals surface area (Å²) < 4.78 is 31.9. The quantitative estimate of drug-likeness (QED) is 0.826. The highest BCUT2D eigenvalue weighted by atomic mass is 32.2. The van der Waals surface area contributed by atoms with Crippen LogP contribution < -0.4 is 4.74 Å². The molecule has 0 radical (unpaired) electrons. The van der Waals surface area contributed by atoms with Gasteiger partial charge in [-0.25, -0.2) is 8.42 Å². The zero-order valence-corrected chi connectivity index (χ0v) is 13.5. The van der Waals surface area contributed by atoms with Gasteiger partial charge in [-0.2, -0.15) is 14.8 Å². The number of hydrogen-bond acceptors (Lipinski definition) is 5. The van der Waals surface area contributed by atoms with Gasteiger partial charge in [-0.05, 0) is 43.9 Å². The molecule has 1 fully saturated rings. The lowest BCUT2D eigenvalue weighted by atomic mass is 9.99. The van der Waals surface area contributed by atoms with Crippen LogP contribution in [-0.4, -0.2) is 32.4 Å². The first-order valence-electron chi connectivity index (χ1n) is 6.79. The molecule has 1 atom stereocenters. The summed E-state index contributed by atoms with van der Waals surface area (Å²) in [6.45, 7) is 1.64. The molecule has 1 unspecified atom stereocenters. The Hall–Kier alpha value is -2.09. The molecule has 1 aromatic rings. The van der Waals surface area contributed by atoms with Gasteiger partial charge in [-0.1, -0.05) is 0 Å². The first kappa shape index (κ1) is 16.3. The second kappa shape index (κ2) is 5.60. The number of nitrogens with zero attached hydrogens (tertiary/aromatic N) is 3. The molecule has 1 aliphatic carbocycles. The molecule has 7 heteroatoms. The SMILES string of the molecule is COc1cc(C#N)ccc1S(=O)(=O)N(C)C(C)(C#N)C1CC1. The third kappa shape index (κ3) is 2.54. The summed E-state index contributed by atoms with van der Waals surface area (Å²) in [6.07, 6.45) is 1.68. The lowest BCUT2D eigenvalue weighted by Crippen LogP contribution is -2.47. The predicted octanol–water partition coefficient (Wildman–Crippen LogP) is 1.88. The number of methoxy groups -OCH3 is 1. The Labute approximate surface area is 130 Å². The molecule has 1 aliphatic rings. The molecule has 0 N–H and O–H groups in total. The number of nitriles is 2. The van der Waals surface area contributed by atoms with Crippen molar-refractivity contribution in [2.75, 3.05) is 14.2 Å². The van der Waals surface area contributed by atoms with E-state index in [-0.39, 0.29) is 16.6 Å². The van der Waals surface area contributed by atoms with Gasteiger partial charge in [0.2, 0.25) is 10.0 Å². The molecule has 6 nitrogen and oxygen atoms in total. The molecule has 0 heterocycles. The van der Waals surface area contributed by atoms with E-state index in [0.29, 0.717) is 5.56 Å². The number of hydrogen-bond donors (Lipinski definition) is 0. The largest absolute Gasteiger partial charge is 0.495 e. The highest BCUT2D eigenvalue weighted by molar-refractivity contribution is 7.89. The van der Waals surface area contributed by atoms with Crippen LogP contribution in [0.2, 0.25) is 0 Å². The molecular weight excluding hydrogens is 302 g/mol. The van der Waals surface area contributed by atoms with Crippen LogP contribution in [0, 0.1) is 28.6 Å². The zero-order valence-electron chi connectivity index (χ0n) is 12.7. The van der Waals surface area contributed by atoms with Crippen molar-refractivity contribution in [2.45, 2.75) is 30.2 Å². The van der Waals surface area contributed by atoms with Crippen molar-refractivity contribution < 1.29 is 13.2 Å². The van der Waals surface area contributed by atoms with Gasteiger partial charge in [0.1, 0.15) is 16.2 Å². The fourth-order valence-electron chi connectivity index (χ4n) is 2.41. The van der Waals surface area contributed by atoms with Gasteiger partial charge in [-0.3, -0.25) is 0 Å². The fourth-order valence-corrected chi connectivity index (χ4v) is 4.03. The molecule has 116 valence electrons. The topological polar surface area (TPSA) is 94.2 Å².